The summed E-state index contributed by atoms with van der Waals surface area (Å²) in [7, 11) is 0. The number of nitrogens with two attached hydrogens (primary N) is 1. The Morgan fingerprint density at radius 1 is 1.00 bits per heavy atom. The molecule has 0 atom stereocenters. The van der Waals surface area contributed by atoms with Crippen LogP contribution in [0.25, 0.3) is 16.6 Å². The maximum absolute atomic E-state index is 5.87. The SMILES string of the molecule is NCc1cccc2ccn(Cc3cn4ccccc4n3)c12. The Kier molecular flexibility index (Phi) is 2.75. The third kappa shape index (κ3) is 2.00. The minimum atomic E-state index is 0.548. The molecule has 0 aliphatic rings. The van der Waals surface area contributed by atoms with Gasteiger partial charge in [0.05, 0.1) is 17.8 Å². The molecule has 21 heavy (non-hydrogen) atoms. The topological polar surface area (TPSA) is 48.2 Å². The lowest BCUT2D eigenvalue weighted by Crippen LogP contribution is -2.03. The van der Waals surface area contributed by atoms with Crippen molar-refractivity contribution in [2.45, 2.75) is 13.1 Å². The summed E-state index contributed by atoms with van der Waals surface area (Å²) in [5.41, 5.74) is 10.3. The van der Waals surface area contributed by atoms with Crippen molar-refractivity contribution in [1.29, 1.82) is 0 Å². The van der Waals surface area contributed by atoms with Crippen molar-refractivity contribution in [2.75, 3.05) is 0 Å². The highest BCUT2D eigenvalue weighted by Crippen LogP contribution is 2.21. The molecule has 2 N–H and O–H groups in total. The predicted molar refractivity (Wildman–Crippen MR) is 84.1 cm³/mol. The molecule has 0 unspecified atom stereocenters. The number of hydrogen-bond acceptors (Lipinski definition) is 2. The van der Waals surface area contributed by atoms with E-state index in [2.05, 4.69) is 46.2 Å². The zero-order valence-corrected chi connectivity index (χ0v) is 11.6. The summed E-state index contributed by atoms with van der Waals surface area (Å²) in [6.45, 7) is 1.30. The number of pyridine rings is 1. The van der Waals surface area contributed by atoms with Crippen LogP contribution in [-0.2, 0) is 13.1 Å². The first kappa shape index (κ1) is 12.2. The molecule has 1 aromatic carbocycles. The van der Waals surface area contributed by atoms with Crippen molar-refractivity contribution >= 4 is 16.6 Å². The van der Waals surface area contributed by atoms with Crippen LogP contribution in [0.2, 0.25) is 0 Å². The molecule has 104 valence electrons. The normalized spacial score (nSPS) is 11.5. The van der Waals surface area contributed by atoms with Gasteiger partial charge in [0.15, 0.2) is 0 Å². The molecule has 0 fully saturated rings. The second-order valence-electron chi connectivity index (χ2n) is 5.20. The highest BCUT2D eigenvalue weighted by atomic mass is 15.0. The van der Waals surface area contributed by atoms with E-state index in [1.165, 1.54) is 16.5 Å². The van der Waals surface area contributed by atoms with Crippen molar-refractivity contribution in [2.24, 2.45) is 5.73 Å². The van der Waals surface area contributed by atoms with E-state index in [1.54, 1.807) is 0 Å². The average Bonchev–Trinajstić information content (AvgIpc) is 3.11. The van der Waals surface area contributed by atoms with Gasteiger partial charge in [-0.15, -0.1) is 0 Å². The Hall–Kier alpha value is -2.59. The van der Waals surface area contributed by atoms with Gasteiger partial charge >= 0.3 is 0 Å². The minimum absolute atomic E-state index is 0.548. The number of nitrogens with zero attached hydrogens (tertiary/aromatic N) is 3. The highest BCUT2D eigenvalue weighted by Gasteiger charge is 2.08. The van der Waals surface area contributed by atoms with Gasteiger partial charge < -0.3 is 14.7 Å². The molecule has 0 aliphatic heterocycles. The summed E-state index contributed by atoms with van der Waals surface area (Å²) in [5.74, 6) is 0. The van der Waals surface area contributed by atoms with Gasteiger partial charge in [-0.05, 0) is 29.1 Å². The number of benzene rings is 1. The second kappa shape index (κ2) is 4.75. The van der Waals surface area contributed by atoms with Crippen molar-refractivity contribution in [1.82, 2.24) is 14.0 Å². The maximum Gasteiger partial charge on any atom is 0.137 e. The van der Waals surface area contributed by atoms with Gasteiger partial charge in [0, 0.05) is 25.1 Å². The monoisotopic (exact) mass is 276 g/mol. The van der Waals surface area contributed by atoms with Crippen molar-refractivity contribution < 1.29 is 0 Å². The molecule has 0 radical (unpaired) electrons. The Labute approximate surface area is 122 Å². The minimum Gasteiger partial charge on any atom is -0.341 e. The molecule has 0 saturated heterocycles. The summed E-state index contributed by atoms with van der Waals surface area (Å²) in [4.78, 5) is 4.66. The number of hydrogen-bond donors (Lipinski definition) is 1. The summed E-state index contributed by atoms with van der Waals surface area (Å²) in [5, 5.41) is 1.22. The van der Waals surface area contributed by atoms with Gasteiger partial charge in [-0.2, -0.15) is 0 Å². The van der Waals surface area contributed by atoms with Crippen LogP contribution in [0.15, 0.2) is 61.1 Å². The largest absolute Gasteiger partial charge is 0.341 e. The Morgan fingerprint density at radius 2 is 1.95 bits per heavy atom. The quantitative estimate of drug-likeness (QED) is 0.625. The molecule has 4 rings (SSSR count). The summed E-state index contributed by atoms with van der Waals surface area (Å²) in [6.07, 6.45) is 6.20. The van der Waals surface area contributed by atoms with Gasteiger partial charge in [-0.1, -0.05) is 24.3 Å². The number of para-hydroxylation sites is 1. The Bertz CT molecular complexity index is 884. The van der Waals surface area contributed by atoms with Crippen LogP contribution in [0.1, 0.15) is 11.3 Å². The fraction of sp³-hybridized carbons (Fsp3) is 0.118. The van der Waals surface area contributed by atoms with Gasteiger partial charge in [0.25, 0.3) is 0 Å². The van der Waals surface area contributed by atoms with E-state index in [1.807, 2.05) is 28.8 Å². The van der Waals surface area contributed by atoms with Crippen LogP contribution in [0.3, 0.4) is 0 Å². The summed E-state index contributed by atoms with van der Waals surface area (Å²) in [6, 6.07) is 14.4. The first-order valence-electron chi connectivity index (χ1n) is 7.04. The van der Waals surface area contributed by atoms with E-state index in [0.717, 1.165) is 17.9 Å². The van der Waals surface area contributed by atoms with Crippen LogP contribution in [0, 0.1) is 0 Å². The van der Waals surface area contributed by atoms with E-state index in [0.29, 0.717) is 6.54 Å². The molecule has 3 heterocycles. The predicted octanol–water partition coefficient (Wildman–Crippen LogP) is 2.80. The molecular weight excluding hydrogens is 260 g/mol. The molecular formula is C17H16N4. The molecule has 0 aliphatic carbocycles. The van der Waals surface area contributed by atoms with E-state index in [9.17, 15) is 0 Å². The lowest BCUT2D eigenvalue weighted by atomic mass is 10.1. The van der Waals surface area contributed by atoms with Crippen LogP contribution in [0.4, 0.5) is 0 Å². The van der Waals surface area contributed by atoms with Crippen LogP contribution in [0.5, 0.6) is 0 Å². The highest BCUT2D eigenvalue weighted by molar-refractivity contribution is 5.83. The fourth-order valence-electron chi connectivity index (χ4n) is 2.88. The smallest absolute Gasteiger partial charge is 0.137 e. The summed E-state index contributed by atoms with van der Waals surface area (Å²) >= 11 is 0. The second-order valence-corrected chi connectivity index (χ2v) is 5.20. The zero-order chi connectivity index (χ0) is 14.2. The van der Waals surface area contributed by atoms with Gasteiger partial charge in [-0.25, -0.2) is 4.98 Å². The Morgan fingerprint density at radius 3 is 2.81 bits per heavy atom. The maximum atomic E-state index is 5.87. The van der Waals surface area contributed by atoms with Gasteiger partial charge in [0.1, 0.15) is 5.65 Å². The third-order valence-electron chi connectivity index (χ3n) is 3.84. The molecule has 4 nitrogen and oxygen atoms in total. The zero-order valence-electron chi connectivity index (χ0n) is 11.6. The molecule has 0 spiro atoms. The fourth-order valence-corrected chi connectivity index (χ4v) is 2.88. The molecule has 3 aromatic heterocycles. The van der Waals surface area contributed by atoms with Gasteiger partial charge in [0.2, 0.25) is 0 Å². The van der Waals surface area contributed by atoms with E-state index in [-0.39, 0.29) is 0 Å². The van der Waals surface area contributed by atoms with E-state index in [4.69, 9.17) is 5.73 Å². The first-order valence-corrected chi connectivity index (χ1v) is 7.04. The summed E-state index contributed by atoms with van der Waals surface area (Å²) < 4.78 is 4.27. The van der Waals surface area contributed by atoms with Crippen LogP contribution in [-0.4, -0.2) is 14.0 Å². The van der Waals surface area contributed by atoms with Crippen LogP contribution < -0.4 is 5.73 Å². The Balaban J connectivity index is 1.80. The lowest BCUT2D eigenvalue weighted by Gasteiger charge is -2.07. The number of fused-ring (bicyclic) bond motifs is 2. The number of aromatic nitrogens is 3. The molecule has 0 bridgehead atoms. The molecule has 4 heteroatoms. The van der Waals surface area contributed by atoms with Crippen molar-refractivity contribution in [3.05, 3.63) is 72.3 Å². The van der Waals surface area contributed by atoms with E-state index < -0.39 is 0 Å². The molecule has 0 amide bonds. The first-order chi connectivity index (χ1) is 10.3. The third-order valence-corrected chi connectivity index (χ3v) is 3.84. The average molecular weight is 276 g/mol. The molecule has 0 saturated carbocycles. The van der Waals surface area contributed by atoms with Crippen molar-refractivity contribution in [3.8, 4) is 0 Å². The van der Waals surface area contributed by atoms with Crippen LogP contribution >= 0.6 is 0 Å². The van der Waals surface area contributed by atoms with E-state index >= 15 is 0 Å². The number of rotatable bonds is 3. The van der Waals surface area contributed by atoms with Gasteiger partial charge in [-0.3, -0.25) is 0 Å². The number of imidazole rings is 1. The lowest BCUT2D eigenvalue weighted by molar-refractivity contribution is 0.809. The standard InChI is InChI=1S/C17H16N4/c18-10-14-5-3-4-13-7-9-21(17(13)14)12-15-11-20-8-2-1-6-16(20)19-15/h1-9,11H,10,12,18H2. The van der Waals surface area contributed by atoms with Crippen molar-refractivity contribution in [3.63, 3.8) is 0 Å². The molecule has 4 aromatic rings.